The largest absolute Gasteiger partial charge is 0.507 e. The fraction of sp³-hybridized carbons (Fsp3) is 0.154. The van der Waals surface area contributed by atoms with Crippen LogP contribution in [-0.2, 0) is 16.1 Å². The van der Waals surface area contributed by atoms with Gasteiger partial charge in [0.15, 0.2) is 11.5 Å². The van der Waals surface area contributed by atoms with Crippen LogP contribution in [0.3, 0.4) is 0 Å². The minimum Gasteiger partial charge on any atom is -0.507 e. The maximum absolute atomic E-state index is 13.1. The zero-order valence-corrected chi connectivity index (χ0v) is 17.2. The number of rotatable bonds is 4. The van der Waals surface area contributed by atoms with Crippen LogP contribution in [0.25, 0.3) is 5.76 Å². The fourth-order valence-corrected chi connectivity index (χ4v) is 4.15. The molecule has 1 amide bonds. The van der Waals surface area contributed by atoms with Crippen LogP contribution in [0.15, 0.2) is 84.4 Å². The minimum absolute atomic E-state index is 0.0637. The van der Waals surface area contributed by atoms with Gasteiger partial charge < -0.3 is 19.5 Å². The highest BCUT2D eigenvalue weighted by atomic mass is 16.6. The summed E-state index contributed by atoms with van der Waals surface area (Å²) in [6.07, 6.45) is 0. The molecule has 2 aliphatic rings. The number of amides is 1. The Bertz CT molecular complexity index is 1200. The molecule has 0 spiro atoms. The molecule has 160 valence electrons. The average Bonchev–Trinajstić information content (AvgIpc) is 3.09. The van der Waals surface area contributed by atoms with Crippen molar-refractivity contribution in [3.8, 4) is 11.5 Å². The van der Waals surface area contributed by atoms with Crippen molar-refractivity contribution in [2.75, 3.05) is 13.2 Å². The van der Waals surface area contributed by atoms with E-state index in [1.807, 2.05) is 60.7 Å². The number of fused-ring (bicyclic) bond motifs is 1. The predicted octanol–water partition coefficient (Wildman–Crippen LogP) is 4.08. The number of ketones is 1. The molecule has 1 N–H and O–H groups in total. The van der Waals surface area contributed by atoms with Crippen molar-refractivity contribution in [1.29, 1.82) is 0 Å². The average molecular weight is 427 g/mol. The van der Waals surface area contributed by atoms with Gasteiger partial charge in [-0.1, -0.05) is 60.7 Å². The molecule has 0 saturated carbocycles. The smallest absolute Gasteiger partial charge is 0.295 e. The van der Waals surface area contributed by atoms with Gasteiger partial charge in [0, 0.05) is 12.1 Å². The molecular formula is C26H21NO5. The quantitative estimate of drug-likeness (QED) is 0.386. The number of aliphatic hydroxyl groups excluding tert-OH is 1. The minimum atomic E-state index is -0.706. The van der Waals surface area contributed by atoms with Gasteiger partial charge in [0.05, 0.1) is 11.6 Å². The number of benzene rings is 3. The lowest BCUT2D eigenvalue weighted by atomic mass is 9.95. The highest BCUT2D eigenvalue weighted by molar-refractivity contribution is 6.46. The number of ether oxygens (including phenoxy) is 2. The van der Waals surface area contributed by atoms with Gasteiger partial charge in [-0.25, -0.2) is 0 Å². The summed E-state index contributed by atoms with van der Waals surface area (Å²) in [5.74, 6) is -0.499. The fourth-order valence-electron chi connectivity index (χ4n) is 4.15. The van der Waals surface area contributed by atoms with Gasteiger partial charge in [-0.2, -0.15) is 0 Å². The van der Waals surface area contributed by atoms with Crippen LogP contribution >= 0.6 is 0 Å². The zero-order chi connectivity index (χ0) is 22.1. The van der Waals surface area contributed by atoms with Crippen molar-refractivity contribution >= 4 is 17.4 Å². The molecule has 2 aliphatic heterocycles. The molecule has 6 nitrogen and oxygen atoms in total. The summed E-state index contributed by atoms with van der Waals surface area (Å²) >= 11 is 0. The van der Waals surface area contributed by atoms with Gasteiger partial charge in [-0.3, -0.25) is 9.59 Å². The number of carbonyl (C=O) groups excluding carboxylic acids is 2. The number of nitrogens with zero attached hydrogens (tertiary/aromatic N) is 1. The van der Waals surface area contributed by atoms with E-state index in [0.29, 0.717) is 30.3 Å². The third kappa shape index (κ3) is 3.50. The molecule has 1 fully saturated rings. The predicted molar refractivity (Wildman–Crippen MR) is 118 cm³/mol. The first-order valence-electron chi connectivity index (χ1n) is 10.4. The van der Waals surface area contributed by atoms with E-state index in [9.17, 15) is 14.7 Å². The van der Waals surface area contributed by atoms with Gasteiger partial charge in [-0.15, -0.1) is 0 Å². The summed E-state index contributed by atoms with van der Waals surface area (Å²) < 4.78 is 11.2. The van der Waals surface area contributed by atoms with Crippen molar-refractivity contribution < 1.29 is 24.2 Å². The van der Waals surface area contributed by atoms with Crippen LogP contribution in [0.5, 0.6) is 11.5 Å². The van der Waals surface area contributed by atoms with Crippen LogP contribution in [-0.4, -0.2) is 34.9 Å². The normalized spacial score (nSPS) is 19.2. The third-order valence-electron chi connectivity index (χ3n) is 5.67. The van der Waals surface area contributed by atoms with E-state index in [-0.39, 0.29) is 17.9 Å². The lowest BCUT2D eigenvalue weighted by molar-refractivity contribution is -0.140. The Morgan fingerprint density at radius 1 is 0.875 bits per heavy atom. The standard InChI is InChI=1S/C26H21NO5/c28-24(19-11-12-20-21(15-19)32-14-13-31-20)22-23(18-9-5-2-6-10-18)27(26(30)25(22)29)16-17-7-3-1-4-8-17/h1-12,15,23,28H,13-14,16H2/t23-/m1/s1. The maximum Gasteiger partial charge on any atom is 0.295 e. The highest BCUT2D eigenvalue weighted by Crippen LogP contribution is 2.41. The van der Waals surface area contributed by atoms with Gasteiger partial charge in [0.25, 0.3) is 11.7 Å². The van der Waals surface area contributed by atoms with Crippen LogP contribution < -0.4 is 9.47 Å². The van der Waals surface area contributed by atoms with Gasteiger partial charge >= 0.3 is 0 Å². The van der Waals surface area contributed by atoms with Crippen molar-refractivity contribution in [2.45, 2.75) is 12.6 Å². The lowest BCUT2D eigenvalue weighted by Crippen LogP contribution is -2.29. The summed E-state index contributed by atoms with van der Waals surface area (Å²) in [4.78, 5) is 27.7. The number of hydrogen-bond acceptors (Lipinski definition) is 5. The molecule has 0 radical (unpaired) electrons. The molecule has 1 atom stereocenters. The van der Waals surface area contributed by atoms with E-state index in [1.165, 1.54) is 4.90 Å². The summed E-state index contributed by atoms with van der Waals surface area (Å²) in [6.45, 7) is 1.11. The molecule has 5 rings (SSSR count). The molecule has 2 heterocycles. The van der Waals surface area contributed by atoms with Gasteiger partial charge in [0.2, 0.25) is 0 Å². The molecule has 3 aromatic rings. The van der Waals surface area contributed by atoms with E-state index in [2.05, 4.69) is 0 Å². The van der Waals surface area contributed by atoms with Crippen molar-refractivity contribution in [1.82, 2.24) is 4.90 Å². The van der Waals surface area contributed by atoms with E-state index in [0.717, 1.165) is 11.1 Å². The van der Waals surface area contributed by atoms with Gasteiger partial charge in [0.1, 0.15) is 19.0 Å². The first kappa shape index (κ1) is 19.9. The van der Waals surface area contributed by atoms with Crippen molar-refractivity contribution in [3.63, 3.8) is 0 Å². The van der Waals surface area contributed by atoms with Crippen LogP contribution in [0.1, 0.15) is 22.7 Å². The Labute approximate surface area is 185 Å². The molecule has 0 aromatic heterocycles. The molecule has 6 heteroatoms. The Morgan fingerprint density at radius 2 is 1.53 bits per heavy atom. The number of aliphatic hydroxyl groups is 1. The Hall–Kier alpha value is -4.06. The second-order valence-corrected chi connectivity index (χ2v) is 7.68. The van der Waals surface area contributed by atoms with E-state index in [1.54, 1.807) is 18.2 Å². The SMILES string of the molecule is O=C1C(=O)N(Cc2ccccc2)[C@H](c2ccccc2)C1=C(O)c1ccc2c(c1)OCCO2. The molecule has 1 saturated heterocycles. The Kier molecular flexibility index (Phi) is 5.11. The Morgan fingerprint density at radius 3 is 2.25 bits per heavy atom. The Balaban J connectivity index is 1.62. The maximum atomic E-state index is 13.1. The summed E-state index contributed by atoms with van der Waals surface area (Å²) in [5.41, 5.74) is 2.11. The number of hydrogen-bond donors (Lipinski definition) is 1. The zero-order valence-electron chi connectivity index (χ0n) is 17.2. The first-order chi connectivity index (χ1) is 15.6. The van der Waals surface area contributed by atoms with Gasteiger partial charge in [-0.05, 0) is 29.3 Å². The van der Waals surface area contributed by atoms with Crippen molar-refractivity contribution in [2.24, 2.45) is 0 Å². The molecule has 32 heavy (non-hydrogen) atoms. The summed E-state index contributed by atoms with van der Waals surface area (Å²) in [7, 11) is 0. The van der Waals surface area contributed by atoms with Crippen LogP contribution in [0.4, 0.5) is 0 Å². The first-order valence-corrected chi connectivity index (χ1v) is 10.4. The molecule has 0 unspecified atom stereocenters. The molecule has 3 aromatic carbocycles. The number of carbonyl (C=O) groups is 2. The second-order valence-electron chi connectivity index (χ2n) is 7.68. The third-order valence-corrected chi connectivity index (χ3v) is 5.67. The van der Waals surface area contributed by atoms with E-state index in [4.69, 9.17) is 9.47 Å². The molecule has 0 bridgehead atoms. The number of Topliss-reactive ketones (excluding diaryl/α,β-unsaturated/α-hetero) is 1. The van der Waals surface area contributed by atoms with E-state index >= 15 is 0 Å². The number of likely N-dealkylation sites (tertiary alicyclic amines) is 1. The summed E-state index contributed by atoms with van der Waals surface area (Å²) in [5, 5.41) is 11.2. The highest BCUT2D eigenvalue weighted by Gasteiger charge is 2.46. The lowest BCUT2D eigenvalue weighted by Gasteiger charge is -2.25. The second kappa shape index (κ2) is 8.23. The van der Waals surface area contributed by atoms with E-state index < -0.39 is 17.7 Å². The topological polar surface area (TPSA) is 76.1 Å². The van der Waals surface area contributed by atoms with Crippen LogP contribution in [0, 0.1) is 0 Å². The monoisotopic (exact) mass is 427 g/mol. The summed E-state index contributed by atoms with van der Waals surface area (Å²) in [6, 6.07) is 23.0. The van der Waals surface area contributed by atoms with Crippen molar-refractivity contribution in [3.05, 3.63) is 101 Å². The molecule has 0 aliphatic carbocycles. The van der Waals surface area contributed by atoms with Crippen LogP contribution in [0.2, 0.25) is 0 Å². The molecular weight excluding hydrogens is 406 g/mol.